The molecule has 0 fully saturated rings. The molecule has 0 radical (unpaired) electrons. The molecule has 2 N–H and O–H groups in total. The number of hydrogen-bond donors (Lipinski definition) is 2. The minimum atomic E-state index is -0.211. The number of aromatic amines is 1. The predicted molar refractivity (Wildman–Crippen MR) is 113 cm³/mol. The third kappa shape index (κ3) is 4.97. The van der Waals surface area contributed by atoms with Crippen molar-refractivity contribution in [3.05, 3.63) is 69.2 Å². The first kappa shape index (κ1) is 20.0. The van der Waals surface area contributed by atoms with E-state index in [0.717, 1.165) is 17.7 Å². The average Bonchev–Trinajstić information content (AvgIpc) is 2.63. The minimum absolute atomic E-state index is 0.103. The molecule has 0 aliphatic heterocycles. The molecule has 0 atom stereocenters. The zero-order chi connectivity index (χ0) is 20.1. The van der Waals surface area contributed by atoms with Gasteiger partial charge in [0.05, 0.1) is 24.0 Å². The van der Waals surface area contributed by atoms with Crippen LogP contribution in [0.1, 0.15) is 24.7 Å². The fourth-order valence-corrected chi connectivity index (χ4v) is 3.25. The summed E-state index contributed by atoms with van der Waals surface area (Å²) in [5.74, 6) is 0.408. The Bertz CT molecular complexity index is 1050. The van der Waals surface area contributed by atoms with Gasteiger partial charge in [0.25, 0.3) is 5.56 Å². The van der Waals surface area contributed by atoms with Crippen molar-refractivity contribution < 1.29 is 4.79 Å². The van der Waals surface area contributed by atoms with Crippen molar-refractivity contribution >= 4 is 34.1 Å². The van der Waals surface area contributed by atoms with Gasteiger partial charge < -0.3 is 10.3 Å². The van der Waals surface area contributed by atoms with E-state index in [1.807, 2.05) is 43.0 Å². The Morgan fingerprint density at radius 3 is 2.79 bits per heavy atom. The number of carbonyl (C=O) groups excluding carboxylic acids is 1. The number of halogens is 1. The molecule has 0 unspecified atom stereocenters. The summed E-state index contributed by atoms with van der Waals surface area (Å²) in [6.45, 7) is 5.28. The monoisotopic (exact) mass is 398 g/mol. The number of amides is 1. The zero-order valence-electron chi connectivity index (χ0n) is 16.0. The number of aromatic nitrogens is 2. The van der Waals surface area contributed by atoms with E-state index in [9.17, 15) is 9.59 Å². The van der Waals surface area contributed by atoms with Crippen LogP contribution in [0.25, 0.3) is 10.9 Å². The SMILES string of the molecule is CCCN(CC(=O)Nc1ccccc1C)Cc1nc2cc(Cl)ccc2c(=O)[nH]1. The number of H-pyrrole nitrogens is 1. The molecule has 7 heteroatoms. The van der Waals surface area contributed by atoms with Crippen LogP contribution in [0.2, 0.25) is 5.02 Å². The second-order valence-corrected chi connectivity index (χ2v) is 7.18. The zero-order valence-corrected chi connectivity index (χ0v) is 16.7. The summed E-state index contributed by atoms with van der Waals surface area (Å²) < 4.78 is 0. The average molecular weight is 399 g/mol. The van der Waals surface area contributed by atoms with Gasteiger partial charge in [0.15, 0.2) is 0 Å². The Morgan fingerprint density at radius 2 is 2.04 bits per heavy atom. The van der Waals surface area contributed by atoms with E-state index in [2.05, 4.69) is 15.3 Å². The molecule has 1 amide bonds. The second kappa shape index (κ2) is 8.99. The Morgan fingerprint density at radius 1 is 1.25 bits per heavy atom. The smallest absolute Gasteiger partial charge is 0.258 e. The number of hydrogen-bond acceptors (Lipinski definition) is 4. The normalized spacial score (nSPS) is 11.1. The first-order chi connectivity index (χ1) is 13.5. The number of fused-ring (bicyclic) bond motifs is 1. The van der Waals surface area contributed by atoms with Gasteiger partial charge in [0, 0.05) is 10.7 Å². The summed E-state index contributed by atoms with van der Waals surface area (Å²) in [6.07, 6.45) is 0.876. The molecule has 28 heavy (non-hydrogen) atoms. The Hall–Kier alpha value is -2.70. The molecule has 0 saturated carbocycles. The highest BCUT2D eigenvalue weighted by Crippen LogP contribution is 2.15. The maximum Gasteiger partial charge on any atom is 0.258 e. The van der Waals surface area contributed by atoms with Crippen molar-refractivity contribution in [1.82, 2.24) is 14.9 Å². The highest BCUT2D eigenvalue weighted by atomic mass is 35.5. The first-order valence-corrected chi connectivity index (χ1v) is 9.60. The van der Waals surface area contributed by atoms with Gasteiger partial charge >= 0.3 is 0 Å². The lowest BCUT2D eigenvalue weighted by molar-refractivity contribution is -0.117. The number of aryl methyl sites for hydroxylation is 1. The van der Waals surface area contributed by atoms with Crippen molar-refractivity contribution in [3.63, 3.8) is 0 Å². The van der Waals surface area contributed by atoms with Crippen molar-refractivity contribution in [3.8, 4) is 0 Å². The number of para-hydroxylation sites is 1. The van der Waals surface area contributed by atoms with Gasteiger partial charge in [-0.15, -0.1) is 0 Å². The van der Waals surface area contributed by atoms with E-state index >= 15 is 0 Å². The van der Waals surface area contributed by atoms with E-state index in [1.54, 1.807) is 18.2 Å². The largest absolute Gasteiger partial charge is 0.325 e. The number of anilines is 1. The van der Waals surface area contributed by atoms with Gasteiger partial charge in [-0.2, -0.15) is 0 Å². The van der Waals surface area contributed by atoms with Gasteiger partial charge in [0.1, 0.15) is 5.82 Å². The standard InChI is InChI=1S/C21H23ClN4O2/c1-3-10-26(13-20(27)24-17-7-5-4-6-14(17)2)12-19-23-18-11-15(22)8-9-16(18)21(28)25-19/h4-9,11H,3,10,12-13H2,1-2H3,(H,24,27)(H,23,25,28). The summed E-state index contributed by atoms with van der Waals surface area (Å²) in [6, 6.07) is 12.7. The first-order valence-electron chi connectivity index (χ1n) is 9.22. The van der Waals surface area contributed by atoms with Crippen molar-refractivity contribution in [2.24, 2.45) is 0 Å². The molecule has 0 aliphatic rings. The molecule has 6 nitrogen and oxygen atoms in total. The molecule has 146 valence electrons. The van der Waals surface area contributed by atoms with E-state index in [0.29, 0.717) is 34.8 Å². The Kier molecular flexibility index (Phi) is 6.44. The third-order valence-corrected chi connectivity index (χ3v) is 4.65. The second-order valence-electron chi connectivity index (χ2n) is 6.75. The van der Waals surface area contributed by atoms with Crippen LogP contribution in [0.15, 0.2) is 47.3 Å². The van der Waals surface area contributed by atoms with Gasteiger partial charge in [-0.3, -0.25) is 14.5 Å². The number of nitrogens with one attached hydrogen (secondary N) is 2. The van der Waals surface area contributed by atoms with Crippen LogP contribution in [0, 0.1) is 6.92 Å². The van der Waals surface area contributed by atoms with Crippen molar-refractivity contribution in [2.75, 3.05) is 18.4 Å². The number of carbonyl (C=O) groups is 1. The molecule has 3 aromatic rings. The van der Waals surface area contributed by atoms with Crippen LogP contribution in [-0.4, -0.2) is 33.9 Å². The van der Waals surface area contributed by atoms with Crippen LogP contribution in [0.5, 0.6) is 0 Å². The molecule has 2 aromatic carbocycles. The molecule has 0 bridgehead atoms. The van der Waals surface area contributed by atoms with Crippen LogP contribution < -0.4 is 10.9 Å². The van der Waals surface area contributed by atoms with Crippen molar-refractivity contribution in [2.45, 2.75) is 26.8 Å². The molecule has 0 aliphatic carbocycles. The van der Waals surface area contributed by atoms with Gasteiger partial charge in [-0.1, -0.05) is 36.7 Å². The molecule has 1 aromatic heterocycles. The summed E-state index contributed by atoms with van der Waals surface area (Å²) in [4.78, 5) is 34.1. The van der Waals surface area contributed by atoms with Crippen LogP contribution in [-0.2, 0) is 11.3 Å². The van der Waals surface area contributed by atoms with Gasteiger partial charge in [0.2, 0.25) is 5.91 Å². The summed E-state index contributed by atoms with van der Waals surface area (Å²) in [5, 5.41) is 3.96. The molecule has 0 spiro atoms. The maximum absolute atomic E-state index is 12.5. The third-order valence-electron chi connectivity index (χ3n) is 4.42. The van der Waals surface area contributed by atoms with E-state index in [-0.39, 0.29) is 18.0 Å². The predicted octanol–water partition coefficient (Wildman–Crippen LogP) is 3.74. The van der Waals surface area contributed by atoms with Crippen molar-refractivity contribution in [1.29, 1.82) is 0 Å². The Labute approximate surface area is 168 Å². The molecule has 3 rings (SSSR count). The minimum Gasteiger partial charge on any atom is -0.325 e. The molecule has 1 heterocycles. The lowest BCUT2D eigenvalue weighted by atomic mass is 10.2. The fraction of sp³-hybridized carbons (Fsp3) is 0.286. The number of rotatable bonds is 7. The quantitative estimate of drug-likeness (QED) is 0.635. The van der Waals surface area contributed by atoms with E-state index < -0.39 is 0 Å². The number of nitrogens with zero attached hydrogens (tertiary/aromatic N) is 2. The highest BCUT2D eigenvalue weighted by molar-refractivity contribution is 6.31. The lowest BCUT2D eigenvalue weighted by Crippen LogP contribution is -2.34. The summed E-state index contributed by atoms with van der Waals surface area (Å²) >= 11 is 6.02. The summed E-state index contributed by atoms with van der Waals surface area (Å²) in [5.41, 5.74) is 2.15. The fourth-order valence-electron chi connectivity index (χ4n) is 3.08. The molecular formula is C21H23ClN4O2. The Balaban J connectivity index is 1.75. The topological polar surface area (TPSA) is 78.1 Å². The van der Waals surface area contributed by atoms with E-state index in [4.69, 9.17) is 11.6 Å². The summed E-state index contributed by atoms with van der Waals surface area (Å²) in [7, 11) is 0. The van der Waals surface area contributed by atoms with Crippen LogP contribution >= 0.6 is 11.6 Å². The van der Waals surface area contributed by atoms with Gasteiger partial charge in [-0.05, 0) is 49.7 Å². The maximum atomic E-state index is 12.5. The molecular weight excluding hydrogens is 376 g/mol. The lowest BCUT2D eigenvalue weighted by Gasteiger charge is -2.21. The van der Waals surface area contributed by atoms with Crippen LogP contribution in [0.3, 0.4) is 0 Å². The molecule has 0 saturated heterocycles. The van der Waals surface area contributed by atoms with Gasteiger partial charge in [-0.25, -0.2) is 4.98 Å². The highest BCUT2D eigenvalue weighted by Gasteiger charge is 2.14. The van der Waals surface area contributed by atoms with E-state index in [1.165, 1.54) is 0 Å². The number of benzene rings is 2. The van der Waals surface area contributed by atoms with Crippen LogP contribution in [0.4, 0.5) is 5.69 Å².